The van der Waals surface area contributed by atoms with Crippen molar-refractivity contribution in [1.29, 1.82) is 0 Å². The number of allylic oxidation sites excluding steroid dienone is 2. The highest BCUT2D eigenvalue weighted by atomic mass is 16.6. The lowest BCUT2D eigenvalue weighted by Gasteiger charge is -2.18. The van der Waals surface area contributed by atoms with E-state index < -0.39 is 6.10 Å². The van der Waals surface area contributed by atoms with E-state index in [0.717, 1.165) is 64.2 Å². The molecule has 0 saturated carbocycles. The maximum Gasteiger partial charge on any atom is 0.306 e. The summed E-state index contributed by atoms with van der Waals surface area (Å²) < 4.78 is 16.9. The third-order valence-corrected chi connectivity index (χ3v) is 14.0. The van der Waals surface area contributed by atoms with Crippen LogP contribution in [0.5, 0.6) is 0 Å². The van der Waals surface area contributed by atoms with Crippen molar-refractivity contribution in [3.63, 3.8) is 0 Å². The highest BCUT2D eigenvalue weighted by Gasteiger charge is 2.19. The summed E-state index contributed by atoms with van der Waals surface area (Å²) in [5.41, 5.74) is 0. The molecule has 6 heteroatoms. The van der Waals surface area contributed by atoms with E-state index in [4.69, 9.17) is 14.2 Å². The van der Waals surface area contributed by atoms with Gasteiger partial charge in [0.15, 0.2) is 6.10 Å². The van der Waals surface area contributed by atoms with Crippen LogP contribution >= 0.6 is 0 Å². The Kier molecular flexibility index (Phi) is 56.2. The van der Waals surface area contributed by atoms with Crippen LogP contribution in [-0.2, 0) is 28.6 Å². The summed E-state index contributed by atoms with van der Waals surface area (Å²) in [6, 6.07) is 0. The molecule has 0 amide bonds. The Hall–Kier alpha value is -1.85. The van der Waals surface area contributed by atoms with E-state index in [1.165, 1.54) is 244 Å². The second-order valence-corrected chi connectivity index (χ2v) is 21.0. The molecule has 68 heavy (non-hydrogen) atoms. The van der Waals surface area contributed by atoms with Crippen LogP contribution in [0.1, 0.15) is 348 Å². The van der Waals surface area contributed by atoms with Gasteiger partial charge in [-0.25, -0.2) is 0 Å². The Morgan fingerprint density at radius 1 is 0.279 bits per heavy atom. The summed E-state index contributed by atoms with van der Waals surface area (Å²) >= 11 is 0. The highest BCUT2D eigenvalue weighted by molar-refractivity contribution is 5.71. The molecule has 0 aromatic heterocycles. The molecule has 1 unspecified atom stereocenters. The van der Waals surface area contributed by atoms with Crippen LogP contribution in [0.15, 0.2) is 12.2 Å². The molecule has 0 aromatic carbocycles. The third kappa shape index (κ3) is 55.1. The zero-order chi connectivity index (χ0) is 49.3. The first-order chi connectivity index (χ1) is 33.5. The van der Waals surface area contributed by atoms with Crippen molar-refractivity contribution in [2.45, 2.75) is 354 Å². The van der Waals surface area contributed by atoms with Gasteiger partial charge in [0.25, 0.3) is 0 Å². The average Bonchev–Trinajstić information content (AvgIpc) is 3.34. The van der Waals surface area contributed by atoms with E-state index in [0.29, 0.717) is 19.3 Å². The first-order valence-electron chi connectivity index (χ1n) is 30.7. The fraction of sp³-hybridized carbons (Fsp3) is 0.919. The number of esters is 3. The first-order valence-corrected chi connectivity index (χ1v) is 30.7. The summed E-state index contributed by atoms with van der Waals surface area (Å²) in [5.74, 6) is -0.846. The molecule has 0 saturated heterocycles. The van der Waals surface area contributed by atoms with E-state index in [1.54, 1.807) is 0 Å². The molecule has 0 N–H and O–H groups in total. The second kappa shape index (κ2) is 57.7. The molecule has 0 heterocycles. The molecule has 402 valence electrons. The number of hydrogen-bond acceptors (Lipinski definition) is 6. The summed E-state index contributed by atoms with van der Waals surface area (Å²) in [5, 5.41) is 0. The highest BCUT2D eigenvalue weighted by Crippen LogP contribution is 2.18. The molecule has 0 rings (SSSR count). The van der Waals surface area contributed by atoms with Crippen LogP contribution < -0.4 is 0 Å². The van der Waals surface area contributed by atoms with Crippen LogP contribution in [0.4, 0.5) is 0 Å². The molecular weight excluding hydrogens is 841 g/mol. The Labute approximate surface area is 424 Å². The largest absolute Gasteiger partial charge is 0.462 e. The summed E-state index contributed by atoms with van der Waals surface area (Å²) in [7, 11) is 0. The average molecular weight is 960 g/mol. The van der Waals surface area contributed by atoms with E-state index in [-0.39, 0.29) is 31.1 Å². The predicted octanol–water partition coefficient (Wildman–Crippen LogP) is 20.5. The third-order valence-electron chi connectivity index (χ3n) is 14.0. The van der Waals surface area contributed by atoms with Crippen molar-refractivity contribution in [2.75, 3.05) is 13.2 Å². The smallest absolute Gasteiger partial charge is 0.306 e. The molecule has 0 aliphatic carbocycles. The van der Waals surface area contributed by atoms with Gasteiger partial charge in [-0.3, -0.25) is 14.4 Å². The number of carbonyl (C=O) groups excluding carboxylic acids is 3. The van der Waals surface area contributed by atoms with Crippen LogP contribution in [-0.4, -0.2) is 37.2 Å². The lowest BCUT2D eigenvalue weighted by atomic mass is 10.0. The van der Waals surface area contributed by atoms with Gasteiger partial charge in [0, 0.05) is 19.3 Å². The Morgan fingerprint density at radius 2 is 0.485 bits per heavy atom. The minimum absolute atomic E-state index is 0.0661. The van der Waals surface area contributed by atoms with E-state index in [1.807, 2.05) is 0 Å². The second-order valence-electron chi connectivity index (χ2n) is 21.0. The quantitative estimate of drug-likeness (QED) is 0.0262. The van der Waals surface area contributed by atoms with Gasteiger partial charge in [-0.2, -0.15) is 0 Å². The zero-order valence-electron chi connectivity index (χ0n) is 46.2. The maximum atomic E-state index is 12.9. The van der Waals surface area contributed by atoms with Crippen molar-refractivity contribution in [3.05, 3.63) is 12.2 Å². The van der Waals surface area contributed by atoms with E-state index >= 15 is 0 Å². The van der Waals surface area contributed by atoms with E-state index in [2.05, 4.69) is 32.9 Å². The fourth-order valence-electron chi connectivity index (χ4n) is 9.38. The van der Waals surface area contributed by atoms with Crippen molar-refractivity contribution in [1.82, 2.24) is 0 Å². The van der Waals surface area contributed by atoms with Crippen LogP contribution in [0.3, 0.4) is 0 Å². The standard InChI is InChI=1S/C62H118O6/c1-4-7-10-13-16-19-22-25-28-30-31-32-35-37-40-43-46-49-52-55-61(64)67-58-59(57-66-60(63)54-51-48-45-42-39-36-33-27-24-21-18-15-12-9-6-3)68-62(65)56-53-50-47-44-41-38-34-29-26-23-20-17-14-11-8-5-2/h27,33,59H,4-26,28-32,34-58H2,1-3H3/b33-27-. The van der Waals surface area contributed by atoms with Gasteiger partial charge in [0.2, 0.25) is 0 Å². The van der Waals surface area contributed by atoms with Gasteiger partial charge < -0.3 is 14.2 Å². The van der Waals surface area contributed by atoms with Crippen LogP contribution in [0.2, 0.25) is 0 Å². The van der Waals surface area contributed by atoms with Gasteiger partial charge in [0.1, 0.15) is 13.2 Å². The lowest BCUT2D eigenvalue weighted by molar-refractivity contribution is -0.167. The van der Waals surface area contributed by atoms with Crippen LogP contribution in [0.25, 0.3) is 0 Å². The number of rotatable bonds is 57. The summed E-state index contributed by atoms with van der Waals surface area (Å²) in [4.78, 5) is 38.2. The number of carbonyl (C=O) groups is 3. The maximum absolute atomic E-state index is 12.9. The fourth-order valence-corrected chi connectivity index (χ4v) is 9.38. The van der Waals surface area contributed by atoms with E-state index in [9.17, 15) is 14.4 Å². The molecule has 0 aromatic rings. The van der Waals surface area contributed by atoms with Crippen molar-refractivity contribution in [2.24, 2.45) is 0 Å². The molecular formula is C62H118O6. The molecule has 0 aliphatic rings. The predicted molar refractivity (Wildman–Crippen MR) is 293 cm³/mol. The minimum Gasteiger partial charge on any atom is -0.462 e. The monoisotopic (exact) mass is 959 g/mol. The lowest BCUT2D eigenvalue weighted by Crippen LogP contribution is -2.30. The summed E-state index contributed by atoms with van der Waals surface area (Å²) in [6.07, 6.45) is 66.3. The topological polar surface area (TPSA) is 78.9 Å². The Morgan fingerprint density at radius 3 is 0.735 bits per heavy atom. The molecule has 0 bridgehead atoms. The SMILES string of the molecule is CCCCCCCC/C=C\CCCCCCCC(=O)OCC(COC(=O)CCCCCCCCCCCCCCCCCCCCC)OC(=O)CCCCCCCCCCCCCCCCCC. The molecule has 0 aliphatic heterocycles. The number of ether oxygens (including phenoxy) is 3. The number of hydrogen-bond donors (Lipinski definition) is 0. The molecule has 0 radical (unpaired) electrons. The van der Waals surface area contributed by atoms with Crippen molar-refractivity contribution in [3.8, 4) is 0 Å². The number of unbranched alkanes of at least 4 members (excludes halogenated alkanes) is 44. The molecule has 0 fully saturated rings. The Balaban J connectivity index is 4.30. The van der Waals surface area contributed by atoms with Crippen LogP contribution in [0, 0.1) is 0 Å². The molecule has 6 nitrogen and oxygen atoms in total. The minimum atomic E-state index is -0.768. The Bertz CT molecular complexity index is 1060. The summed E-state index contributed by atoms with van der Waals surface area (Å²) in [6.45, 7) is 6.70. The van der Waals surface area contributed by atoms with Gasteiger partial charge in [-0.1, -0.05) is 296 Å². The van der Waals surface area contributed by atoms with Gasteiger partial charge in [-0.05, 0) is 44.9 Å². The van der Waals surface area contributed by atoms with Gasteiger partial charge in [-0.15, -0.1) is 0 Å². The van der Waals surface area contributed by atoms with Gasteiger partial charge in [0.05, 0.1) is 0 Å². The zero-order valence-corrected chi connectivity index (χ0v) is 46.2. The van der Waals surface area contributed by atoms with Crippen molar-refractivity contribution < 1.29 is 28.6 Å². The normalized spacial score (nSPS) is 12.0. The molecule has 1 atom stereocenters. The van der Waals surface area contributed by atoms with Crippen molar-refractivity contribution >= 4 is 17.9 Å². The molecule has 0 spiro atoms. The first kappa shape index (κ1) is 66.2. The van der Waals surface area contributed by atoms with Gasteiger partial charge >= 0.3 is 17.9 Å².